The largest absolute Gasteiger partial charge is 0.383 e. The lowest BCUT2D eigenvalue weighted by Gasteiger charge is -2.19. The number of aromatic nitrogens is 1. The van der Waals surface area contributed by atoms with Gasteiger partial charge in [-0.05, 0) is 18.5 Å². The molecule has 82 valence electrons. The minimum absolute atomic E-state index is 0.118. The molecule has 2 heterocycles. The Hall–Kier alpha value is -1.30. The molecule has 0 atom stereocenters. The maximum Gasteiger partial charge on any atom is 0.221 e. The molecular weight excluding hydrogens is 212 g/mol. The zero-order valence-corrected chi connectivity index (χ0v) is 9.43. The molecule has 0 aromatic carbocycles. The summed E-state index contributed by atoms with van der Waals surface area (Å²) in [5.41, 5.74) is 6.73. The van der Waals surface area contributed by atoms with Crippen LogP contribution in [-0.4, -0.2) is 29.9 Å². The third-order valence-corrected chi connectivity index (χ3v) is 3.56. The topological polar surface area (TPSA) is 71.2 Å². The first kappa shape index (κ1) is 10.2. The van der Waals surface area contributed by atoms with Gasteiger partial charge in [-0.15, -0.1) is 0 Å². The van der Waals surface area contributed by atoms with Gasteiger partial charge in [0.25, 0.3) is 0 Å². The lowest BCUT2D eigenvalue weighted by molar-refractivity contribution is -0.120. The molecule has 1 amide bonds. The molecule has 1 aliphatic heterocycles. The molecule has 2 rings (SSSR count). The Balaban J connectivity index is 2.16. The van der Waals surface area contributed by atoms with Crippen molar-refractivity contribution in [1.82, 2.24) is 9.69 Å². The van der Waals surface area contributed by atoms with E-state index in [0.717, 1.165) is 23.7 Å². The minimum atomic E-state index is 0.118. The molecule has 0 saturated carbocycles. The van der Waals surface area contributed by atoms with Gasteiger partial charge in [0.1, 0.15) is 10.8 Å². The van der Waals surface area contributed by atoms with Gasteiger partial charge in [0, 0.05) is 31.6 Å². The maximum atomic E-state index is 11.2. The van der Waals surface area contributed by atoms with Crippen LogP contribution in [0.1, 0.15) is 12.0 Å². The van der Waals surface area contributed by atoms with Gasteiger partial charge in [0.05, 0.1) is 0 Å². The van der Waals surface area contributed by atoms with Crippen LogP contribution in [0.15, 0.2) is 0 Å². The van der Waals surface area contributed by atoms with Crippen molar-refractivity contribution in [3.63, 3.8) is 0 Å². The molecule has 6 heteroatoms. The van der Waals surface area contributed by atoms with E-state index in [1.807, 2.05) is 6.92 Å². The summed E-state index contributed by atoms with van der Waals surface area (Å²) in [4.78, 5) is 13.3. The van der Waals surface area contributed by atoms with E-state index in [9.17, 15) is 4.79 Å². The summed E-state index contributed by atoms with van der Waals surface area (Å²) in [6.45, 7) is 4.23. The van der Waals surface area contributed by atoms with Crippen LogP contribution >= 0.6 is 11.5 Å². The fourth-order valence-corrected chi connectivity index (χ4v) is 2.47. The van der Waals surface area contributed by atoms with Gasteiger partial charge in [-0.2, -0.15) is 4.37 Å². The van der Waals surface area contributed by atoms with E-state index in [0.29, 0.717) is 18.8 Å². The number of hydrogen-bond acceptors (Lipinski definition) is 5. The smallest absolute Gasteiger partial charge is 0.221 e. The second kappa shape index (κ2) is 4.06. The average Bonchev–Trinajstić information content (AvgIpc) is 2.43. The zero-order valence-electron chi connectivity index (χ0n) is 8.62. The normalized spacial score (nSPS) is 17.4. The third-order valence-electron chi connectivity index (χ3n) is 2.54. The Morgan fingerprint density at radius 2 is 2.33 bits per heavy atom. The second-order valence-corrected chi connectivity index (χ2v) is 4.34. The van der Waals surface area contributed by atoms with Gasteiger partial charge in [0.15, 0.2) is 0 Å². The van der Waals surface area contributed by atoms with Crippen LogP contribution in [0.25, 0.3) is 0 Å². The summed E-state index contributed by atoms with van der Waals surface area (Å²) < 4.78 is 4.11. The molecule has 0 radical (unpaired) electrons. The monoisotopic (exact) mass is 226 g/mol. The molecule has 0 unspecified atom stereocenters. The number of nitrogens with two attached hydrogens (primary N) is 1. The van der Waals surface area contributed by atoms with Crippen LogP contribution in [0.3, 0.4) is 0 Å². The number of nitrogens with zero attached hydrogens (tertiary/aromatic N) is 2. The molecule has 15 heavy (non-hydrogen) atoms. The molecule has 0 aliphatic carbocycles. The fraction of sp³-hybridized carbons (Fsp3) is 0.556. The van der Waals surface area contributed by atoms with Crippen molar-refractivity contribution in [3.8, 4) is 0 Å². The SMILES string of the molecule is Cc1c(N)nsc1N1CCNC(=O)CC1. The molecule has 3 N–H and O–H groups in total. The Morgan fingerprint density at radius 1 is 1.53 bits per heavy atom. The third kappa shape index (κ3) is 2.04. The van der Waals surface area contributed by atoms with Crippen molar-refractivity contribution in [1.29, 1.82) is 0 Å². The zero-order chi connectivity index (χ0) is 10.8. The summed E-state index contributed by atoms with van der Waals surface area (Å²) in [7, 11) is 0. The lowest BCUT2D eigenvalue weighted by Crippen LogP contribution is -2.28. The quantitative estimate of drug-likeness (QED) is 0.725. The van der Waals surface area contributed by atoms with Crippen molar-refractivity contribution in [3.05, 3.63) is 5.56 Å². The first-order valence-electron chi connectivity index (χ1n) is 4.92. The number of nitrogen functional groups attached to an aromatic ring is 1. The highest BCUT2D eigenvalue weighted by Crippen LogP contribution is 2.29. The first-order chi connectivity index (χ1) is 7.18. The van der Waals surface area contributed by atoms with Crippen molar-refractivity contribution >= 4 is 28.3 Å². The van der Waals surface area contributed by atoms with E-state index in [-0.39, 0.29) is 5.91 Å². The first-order valence-corrected chi connectivity index (χ1v) is 5.69. The predicted octanol–water partition coefficient (Wildman–Crippen LogP) is 0.360. The molecular formula is C9H14N4OS. The number of hydrogen-bond donors (Lipinski definition) is 2. The van der Waals surface area contributed by atoms with E-state index in [4.69, 9.17) is 5.73 Å². The van der Waals surface area contributed by atoms with Gasteiger partial charge in [0.2, 0.25) is 5.91 Å². The molecule has 5 nitrogen and oxygen atoms in total. The standard InChI is InChI=1S/C9H14N4OS/c1-6-8(10)12-15-9(6)13-4-2-7(14)11-3-5-13/h2-5H2,1H3,(H2,10,12)(H,11,14). The number of anilines is 2. The highest BCUT2D eigenvalue weighted by Gasteiger charge is 2.18. The maximum absolute atomic E-state index is 11.2. The Kier molecular flexibility index (Phi) is 2.77. The van der Waals surface area contributed by atoms with Crippen molar-refractivity contribution in [2.24, 2.45) is 0 Å². The van der Waals surface area contributed by atoms with Gasteiger partial charge >= 0.3 is 0 Å². The summed E-state index contributed by atoms with van der Waals surface area (Å²) in [6, 6.07) is 0. The van der Waals surface area contributed by atoms with E-state index in [2.05, 4.69) is 14.6 Å². The van der Waals surface area contributed by atoms with Crippen molar-refractivity contribution in [2.45, 2.75) is 13.3 Å². The molecule has 0 bridgehead atoms. The highest BCUT2D eigenvalue weighted by molar-refractivity contribution is 7.10. The lowest BCUT2D eigenvalue weighted by atomic mass is 10.3. The van der Waals surface area contributed by atoms with E-state index in [1.54, 1.807) is 0 Å². The van der Waals surface area contributed by atoms with Crippen molar-refractivity contribution < 1.29 is 4.79 Å². The van der Waals surface area contributed by atoms with Crippen LogP contribution in [0.4, 0.5) is 10.8 Å². The summed E-state index contributed by atoms with van der Waals surface area (Å²) in [6.07, 6.45) is 0.539. The van der Waals surface area contributed by atoms with Gasteiger partial charge in [-0.1, -0.05) is 0 Å². The number of nitrogens with one attached hydrogen (secondary N) is 1. The highest BCUT2D eigenvalue weighted by atomic mass is 32.1. The predicted molar refractivity (Wildman–Crippen MR) is 61.1 cm³/mol. The average molecular weight is 226 g/mol. The van der Waals surface area contributed by atoms with Gasteiger partial charge in [-0.3, -0.25) is 4.79 Å². The fourth-order valence-electron chi connectivity index (χ4n) is 1.60. The molecule has 1 saturated heterocycles. The Labute approximate surface area is 92.4 Å². The second-order valence-electron chi connectivity index (χ2n) is 3.58. The molecule has 0 spiro atoms. The van der Waals surface area contributed by atoms with Crippen LogP contribution < -0.4 is 16.0 Å². The molecule has 1 aromatic rings. The summed E-state index contributed by atoms with van der Waals surface area (Å²) in [5.74, 6) is 0.714. The molecule has 1 aliphatic rings. The number of rotatable bonds is 1. The molecule has 1 aromatic heterocycles. The van der Waals surface area contributed by atoms with Gasteiger partial charge in [-0.25, -0.2) is 0 Å². The van der Waals surface area contributed by atoms with Crippen LogP contribution in [0.2, 0.25) is 0 Å². The van der Waals surface area contributed by atoms with Gasteiger partial charge < -0.3 is 16.0 Å². The summed E-state index contributed by atoms with van der Waals surface area (Å²) >= 11 is 1.41. The Bertz CT molecular complexity index is 376. The van der Waals surface area contributed by atoms with Crippen molar-refractivity contribution in [2.75, 3.05) is 30.3 Å². The molecule has 1 fully saturated rings. The van der Waals surface area contributed by atoms with Crippen LogP contribution in [0.5, 0.6) is 0 Å². The van der Waals surface area contributed by atoms with E-state index in [1.165, 1.54) is 11.5 Å². The summed E-state index contributed by atoms with van der Waals surface area (Å²) in [5, 5.41) is 3.93. The van der Waals surface area contributed by atoms with Crippen LogP contribution in [0, 0.1) is 6.92 Å². The number of amides is 1. The van der Waals surface area contributed by atoms with E-state index < -0.39 is 0 Å². The minimum Gasteiger partial charge on any atom is -0.383 e. The van der Waals surface area contributed by atoms with Crippen LogP contribution in [-0.2, 0) is 4.79 Å². The number of carbonyl (C=O) groups is 1. The number of carbonyl (C=O) groups excluding carboxylic acids is 1. The Morgan fingerprint density at radius 3 is 3.00 bits per heavy atom. The van der Waals surface area contributed by atoms with E-state index >= 15 is 0 Å².